The van der Waals surface area contributed by atoms with Gasteiger partial charge < -0.3 is 10.1 Å². The molecular formula is C26H35NO2S. The van der Waals surface area contributed by atoms with Gasteiger partial charge in [-0.15, -0.1) is 11.8 Å². The predicted molar refractivity (Wildman–Crippen MR) is 131 cm³/mol. The number of benzene rings is 2. The van der Waals surface area contributed by atoms with Crippen LogP contribution in [-0.2, 0) is 14.3 Å². The van der Waals surface area contributed by atoms with Gasteiger partial charge in [-0.25, -0.2) is 0 Å². The van der Waals surface area contributed by atoms with Crippen molar-refractivity contribution in [3.05, 3.63) is 95.8 Å². The SMILES string of the molecule is C/C=C(\C=C/CC(SCCC(=O)NC)(c1ccccc1)c1ccccc1)OC.CC. The van der Waals surface area contributed by atoms with Crippen LogP contribution in [0, 0.1) is 0 Å². The second-order valence-electron chi connectivity index (χ2n) is 6.33. The summed E-state index contributed by atoms with van der Waals surface area (Å²) in [6.07, 6.45) is 7.40. The Bertz CT molecular complexity index is 746. The Morgan fingerprint density at radius 1 is 1.03 bits per heavy atom. The van der Waals surface area contributed by atoms with E-state index in [2.05, 4.69) is 59.9 Å². The van der Waals surface area contributed by atoms with Gasteiger partial charge in [0.1, 0.15) is 5.76 Å². The topological polar surface area (TPSA) is 38.3 Å². The molecule has 1 amide bonds. The summed E-state index contributed by atoms with van der Waals surface area (Å²) in [5.74, 6) is 1.64. The zero-order chi connectivity index (χ0) is 22.2. The van der Waals surface area contributed by atoms with Crippen molar-refractivity contribution in [3.63, 3.8) is 0 Å². The van der Waals surface area contributed by atoms with Crippen molar-refractivity contribution in [1.29, 1.82) is 0 Å². The summed E-state index contributed by atoms with van der Waals surface area (Å²) in [6.45, 7) is 5.96. The minimum atomic E-state index is -0.278. The summed E-state index contributed by atoms with van der Waals surface area (Å²) in [5.41, 5.74) is 2.46. The van der Waals surface area contributed by atoms with E-state index in [1.807, 2.05) is 56.8 Å². The van der Waals surface area contributed by atoms with Gasteiger partial charge in [-0.05, 0) is 36.6 Å². The minimum Gasteiger partial charge on any atom is -0.497 e. The van der Waals surface area contributed by atoms with E-state index >= 15 is 0 Å². The summed E-state index contributed by atoms with van der Waals surface area (Å²) in [7, 11) is 3.36. The monoisotopic (exact) mass is 425 g/mol. The Morgan fingerprint density at radius 2 is 1.57 bits per heavy atom. The van der Waals surface area contributed by atoms with Crippen molar-refractivity contribution in [2.24, 2.45) is 0 Å². The molecule has 0 spiro atoms. The molecule has 0 heterocycles. The molecule has 2 aromatic rings. The lowest BCUT2D eigenvalue weighted by Gasteiger charge is -2.34. The number of hydrogen-bond acceptors (Lipinski definition) is 3. The van der Waals surface area contributed by atoms with Gasteiger partial charge in [0.15, 0.2) is 0 Å². The Hall–Kier alpha value is -2.46. The van der Waals surface area contributed by atoms with Crippen LogP contribution in [0.4, 0.5) is 0 Å². The lowest BCUT2D eigenvalue weighted by Crippen LogP contribution is -2.25. The number of thioether (sulfide) groups is 1. The maximum absolute atomic E-state index is 11.8. The molecule has 162 valence electrons. The molecule has 0 unspecified atom stereocenters. The van der Waals surface area contributed by atoms with Crippen LogP contribution in [0.15, 0.2) is 84.7 Å². The molecule has 2 aromatic carbocycles. The smallest absolute Gasteiger partial charge is 0.220 e. The first-order valence-electron chi connectivity index (χ1n) is 10.5. The van der Waals surface area contributed by atoms with Gasteiger partial charge in [0, 0.05) is 19.2 Å². The molecule has 30 heavy (non-hydrogen) atoms. The van der Waals surface area contributed by atoms with Crippen LogP contribution in [0.2, 0.25) is 0 Å². The normalized spacial score (nSPS) is 11.6. The van der Waals surface area contributed by atoms with Crippen LogP contribution >= 0.6 is 11.8 Å². The molecule has 3 nitrogen and oxygen atoms in total. The molecule has 0 saturated heterocycles. The molecule has 1 N–H and O–H groups in total. The molecule has 0 aliphatic rings. The van der Waals surface area contributed by atoms with Crippen molar-refractivity contribution >= 4 is 17.7 Å². The van der Waals surface area contributed by atoms with Crippen LogP contribution in [0.1, 0.15) is 44.7 Å². The van der Waals surface area contributed by atoms with Crippen molar-refractivity contribution in [2.45, 2.75) is 38.4 Å². The van der Waals surface area contributed by atoms with Gasteiger partial charge >= 0.3 is 0 Å². The van der Waals surface area contributed by atoms with Gasteiger partial charge in [-0.3, -0.25) is 4.79 Å². The summed E-state index contributed by atoms with van der Waals surface area (Å²) in [4.78, 5) is 11.8. The molecule has 0 aromatic heterocycles. The zero-order valence-corrected chi connectivity index (χ0v) is 19.7. The second-order valence-corrected chi connectivity index (χ2v) is 7.73. The van der Waals surface area contributed by atoms with Gasteiger partial charge in [0.05, 0.1) is 11.9 Å². The van der Waals surface area contributed by atoms with Gasteiger partial charge in [-0.1, -0.05) is 80.6 Å². The maximum atomic E-state index is 11.8. The van der Waals surface area contributed by atoms with Crippen molar-refractivity contribution in [2.75, 3.05) is 19.9 Å². The number of allylic oxidation sites excluding steroid dienone is 3. The third-order valence-corrected chi connectivity index (χ3v) is 6.18. The molecule has 0 atom stereocenters. The molecule has 4 heteroatoms. The molecule has 0 fully saturated rings. The van der Waals surface area contributed by atoms with E-state index in [4.69, 9.17) is 4.74 Å². The van der Waals surface area contributed by atoms with Crippen LogP contribution in [0.25, 0.3) is 0 Å². The first kappa shape index (κ1) is 25.6. The number of rotatable bonds is 10. The third kappa shape index (κ3) is 7.42. The molecule has 0 aliphatic carbocycles. The summed E-state index contributed by atoms with van der Waals surface area (Å²) in [6, 6.07) is 21.0. The second kappa shape index (κ2) is 14.5. The van der Waals surface area contributed by atoms with Crippen LogP contribution in [0.5, 0.6) is 0 Å². The Morgan fingerprint density at radius 3 is 2.00 bits per heavy atom. The first-order chi connectivity index (χ1) is 14.7. The lowest BCUT2D eigenvalue weighted by molar-refractivity contribution is -0.120. The van der Waals surface area contributed by atoms with Gasteiger partial charge in [0.25, 0.3) is 0 Å². The fourth-order valence-corrected chi connectivity index (χ4v) is 4.56. The fraction of sp³-hybridized carbons (Fsp3) is 0.346. The number of nitrogens with one attached hydrogen (secondary N) is 1. The first-order valence-corrected chi connectivity index (χ1v) is 11.5. The van der Waals surface area contributed by atoms with E-state index in [0.717, 1.165) is 17.9 Å². The molecular weight excluding hydrogens is 390 g/mol. The van der Waals surface area contributed by atoms with E-state index in [9.17, 15) is 4.79 Å². The highest BCUT2D eigenvalue weighted by molar-refractivity contribution is 8.00. The average Bonchev–Trinajstić information content (AvgIpc) is 2.83. The van der Waals surface area contributed by atoms with Crippen LogP contribution in [0.3, 0.4) is 0 Å². The molecule has 0 aliphatic heterocycles. The van der Waals surface area contributed by atoms with E-state index in [-0.39, 0.29) is 10.7 Å². The van der Waals surface area contributed by atoms with E-state index in [0.29, 0.717) is 6.42 Å². The maximum Gasteiger partial charge on any atom is 0.220 e. The highest BCUT2D eigenvalue weighted by Crippen LogP contribution is 2.46. The average molecular weight is 426 g/mol. The quantitative estimate of drug-likeness (QED) is 0.357. The highest BCUT2D eigenvalue weighted by Gasteiger charge is 2.33. The van der Waals surface area contributed by atoms with Gasteiger partial charge in [0.2, 0.25) is 5.91 Å². The molecule has 0 bridgehead atoms. The van der Waals surface area contributed by atoms with E-state index < -0.39 is 0 Å². The minimum absolute atomic E-state index is 0.0636. The number of carbonyl (C=O) groups excluding carboxylic acids is 1. The van der Waals surface area contributed by atoms with Crippen molar-refractivity contribution < 1.29 is 9.53 Å². The number of methoxy groups -OCH3 is 1. The fourth-order valence-electron chi connectivity index (χ4n) is 3.11. The number of ether oxygens (including phenoxy) is 1. The molecule has 0 saturated carbocycles. The lowest BCUT2D eigenvalue weighted by atomic mass is 9.87. The highest BCUT2D eigenvalue weighted by atomic mass is 32.2. The summed E-state index contributed by atoms with van der Waals surface area (Å²) < 4.78 is 5.09. The molecule has 2 rings (SSSR count). The van der Waals surface area contributed by atoms with Crippen molar-refractivity contribution in [3.8, 4) is 0 Å². The number of amides is 1. The predicted octanol–water partition coefficient (Wildman–Crippen LogP) is 6.32. The van der Waals surface area contributed by atoms with Gasteiger partial charge in [-0.2, -0.15) is 0 Å². The Balaban J connectivity index is 0.00000218. The Kier molecular flexibility index (Phi) is 12.4. The number of hydrogen-bond donors (Lipinski definition) is 1. The molecule has 0 radical (unpaired) electrons. The van der Waals surface area contributed by atoms with Crippen LogP contribution in [-0.4, -0.2) is 25.8 Å². The van der Waals surface area contributed by atoms with Crippen LogP contribution < -0.4 is 5.32 Å². The van der Waals surface area contributed by atoms with E-state index in [1.165, 1.54) is 11.1 Å². The van der Waals surface area contributed by atoms with Crippen molar-refractivity contribution in [1.82, 2.24) is 5.32 Å². The zero-order valence-electron chi connectivity index (χ0n) is 18.9. The van der Waals surface area contributed by atoms with E-state index in [1.54, 1.807) is 14.2 Å². The summed E-state index contributed by atoms with van der Waals surface area (Å²) in [5, 5.41) is 2.71. The largest absolute Gasteiger partial charge is 0.497 e. The number of carbonyl (C=O) groups is 1. The third-order valence-electron chi connectivity index (χ3n) is 4.64. The summed E-state index contributed by atoms with van der Waals surface area (Å²) >= 11 is 1.81. The Labute approximate surface area is 186 Å². The standard InChI is InChI=1S/C24H29NO2S.C2H6/c1-4-22(27-3)16-11-18-24(20-12-7-5-8-13-20,21-14-9-6-10-15-21)28-19-17-23(26)25-2;1-2/h4-16H,17-19H2,1-3H3,(H,25,26);1-2H3/b16-11-,22-4+;.